The smallest absolute Gasteiger partial charge is 0.360 e. The van der Waals surface area contributed by atoms with E-state index < -0.39 is 17.3 Å². The molecule has 0 saturated heterocycles. The van der Waals surface area contributed by atoms with Crippen LogP contribution < -0.4 is 5.56 Å². The summed E-state index contributed by atoms with van der Waals surface area (Å²) in [7, 11) is 0. The Labute approximate surface area is 208 Å². The van der Waals surface area contributed by atoms with Crippen LogP contribution in [0.4, 0.5) is 13.2 Å². The minimum Gasteiger partial charge on any atom is -0.360 e. The van der Waals surface area contributed by atoms with E-state index in [0.29, 0.717) is 11.1 Å². The first-order valence-electron chi connectivity index (χ1n) is 11.2. The van der Waals surface area contributed by atoms with Crippen LogP contribution in [-0.4, -0.2) is 26.1 Å². The lowest BCUT2D eigenvalue weighted by atomic mass is 10.1. The number of Topliss-reactive ketones (excluding diaryl/α,β-unsaturated/α-hetero) is 1. The van der Waals surface area contributed by atoms with Crippen molar-refractivity contribution < 1.29 is 18.0 Å². The number of ketones is 1. The summed E-state index contributed by atoms with van der Waals surface area (Å²) >= 11 is 1.02. The molecule has 0 aliphatic heterocycles. The van der Waals surface area contributed by atoms with Crippen LogP contribution in [0.1, 0.15) is 28.4 Å². The summed E-state index contributed by atoms with van der Waals surface area (Å²) in [5, 5.41) is 1.22. The number of para-hydroxylation sites is 2. The molecule has 2 heterocycles. The zero-order valence-electron chi connectivity index (χ0n) is 19.1. The van der Waals surface area contributed by atoms with Gasteiger partial charge in [0.05, 0.1) is 27.9 Å². The highest BCUT2D eigenvalue weighted by Crippen LogP contribution is 2.31. The van der Waals surface area contributed by atoms with Gasteiger partial charge >= 0.3 is 6.18 Å². The molecule has 0 saturated carbocycles. The summed E-state index contributed by atoms with van der Waals surface area (Å²) < 4.78 is 41.3. The summed E-state index contributed by atoms with van der Waals surface area (Å²) in [6.07, 6.45) is -2.09. The molecule has 1 N–H and O–H groups in total. The van der Waals surface area contributed by atoms with Crippen LogP contribution >= 0.6 is 11.8 Å². The summed E-state index contributed by atoms with van der Waals surface area (Å²) in [5.41, 5.74) is 1.56. The normalized spacial score (nSPS) is 11.9. The highest BCUT2D eigenvalue weighted by Gasteiger charge is 2.31. The standard InChI is InChI=1S/C27H20F3N3O2S/c1-2-16-7-5-11-19-21(14-31-24(16)19)23(34)15-36-26-32-22-12-4-3-10-20(22)25(35)33(26)18-9-6-8-17(13-18)27(28,29)30/h3-14,31H,2,15H2,1H3. The Kier molecular flexibility index (Phi) is 6.17. The summed E-state index contributed by atoms with van der Waals surface area (Å²) in [6, 6.07) is 16.9. The van der Waals surface area contributed by atoms with Crippen molar-refractivity contribution in [3.8, 4) is 5.69 Å². The first-order chi connectivity index (χ1) is 17.3. The average Bonchev–Trinajstić information content (AvgIpc) is 3.31. The Balaban J connectivity index is 1.56. The van der Waals surface area contributed by atoms with E-state index in [1.165, 1.54) is 12.1 Å². The molecule has 0 amide bonds. The van der Waals surface area contributed by atoms with Gasteiger partial charge in [-0.1, -0.05) is 55.1 Å². The van der Waals surface area contributed by atoms with E-state index >= 15 is 0 Å². The molecule has 2 aromatic heterocycles. The van der Waals surface area contributed by atoms with E-state index in [4.69, 9.17) is 0 Å². The molecule has 5 rings (SSSR count). The highest BCUT2D eigenvalue weighted by molar-refractivity contribution is 7.99. The van der Waals surface area contributed by atoms with Crippen LogP contribution in [0.15, 0.2) is 82.9 Å². The van der Waals surface area contributed by atoms with Crippen LogP contribution in [0.3, 0.4) is 0 Å². The number of fused-ring (bicyclic) bond motifs is 2. The molecule has 0 aliphatic carbocycles. The monoisotopic (exact) mass is 507 g/mol. The number of H-pyrrole nitrogens is 1. The molecule has 0 radical (unpaired) electrons. The number of nitrogens with one attached hydrogen (secondary N) is 1. The maximum Gasteiger partial charge on any atom is 0.416 e. The molecule has 0 aliphatic rings. The number of aryl methyl sites for hydroxylation is 1. The van der Waals surface area contributed by atoms with Gasteiger partial charge in [0, 0.05) is 22.7 Å². The van der Waals surface area contributed by atoms with Gasteiger partial charge in [-0.05, 0) is 42.3 Å². The fraction of sp³-hybridized carbons (Fsp3) is 0.148. The first-order valence-corrected chi connectivity index (χ1v) is 12.2. The zero-order chi connectivity index (χ0) is 25.4. The lowest BCUT2D eigenvalue weighted by molar-refractivity contribution is -0.137. The topological polar surface area (TPSA) is 67.8 Å². The van der Waals surface area contributed by atoms with Gasteiger partial charge in [0.25, 0.3) is 5.56 Å². The van der Waals surface area contributed by atoms with Crippen LogP contribution in [0.25, 0.3) is 27.5 Å². The number of alkyl halides is 3. The molecule has 182 valence electrons. The van der Waals surface area contributed by atoms with E-state index in [1.54, 1.807) is 30.5 Å². The van der Waals surface area contributed by atoms with Crippen molar-refractivity contribution in [2.45, 2.75) is 24.7 Å². The van der Waals surface area contributed by atoms with Gasteiger partial charge in [-0.2, -0.15) is 13.2 Å². The third-order valence-electron chi connectivity index (χ3n) is 5.99. The van der Waals surface area contributed by atoms with E-state index in [2.05, 4.69) is 9.97 Å². The van der Waals surface area contributed by atoms with Gasteiger partial charge in [-0.3, -0.25) is 14.2 Å². The van der Waals surface area contributed by atoms with Gasteiger partial charge in [0.1, 0.15) is 0 Å². The van der Waals surface area contributed by atoms with Gasteiger partial charge in [-0.25, -0.2) is 4.98 Å². The molecular formula is C27H20F3N3O2S. The van der Waals surface area contributed by atoms with Gasteiger partial charge in [-0.15, -0.1) is 0 Å². The van der Waals surface area contributed by atoms with Crippen LogP contribution in [0.2, 0.25) is 0 Å². The number of hydrogen-bond donors (Lipinski definition) is 1. The molecule has 0 fully saturated rings. The van der Waals surface area contributed by atoms with E-state index in [1.807, 2.05) is 25.1 Å². The average molecular weight is 508 g/mol. The summed E-state index contributed by atoms with van der Waals surface area (Å²) in [4.78, 5) is 34.2. The fourth-order valence-corrected chi connectivity index (χ4v) is 5.10. The Morgan fingerprint density at radius 2 is 1.78 bits per heavy atom. The Morgan fingerprint density at radius 3 is 2.56 bits per heavy atom. The number of carbonyl (C=O) groups is 1. The molecule has 3 aromatic carbocycles. The second-order valence-electron chi connectivity index (χ2n) is 8.21. The molecule has 5 nitrogen and oxygen atoms in total. The number of rotatable bonds is 6. The van der Waals surface area contributed by atoms with Crippen molar-refractivity contribution in [3.05, 3.63) is 100.0 Å². The molecule has 0 unspecified atom stereocenters. The fourth-order valence-electron chi connectivity index (χ4n) is 4.21. The van der Waals surface area contributed by atoms with Gasteiger partial charge in [0.15, 0.2) is 10.9 Å². The third kappa shape index (κ3) is 4.30. The van der Waals surface area contributed by atoms with E-state index in [-0.39, 0.29) is 27.8 Å². The molecular weight excluding hydrogens is 487 g/mol. The third-order valence-corrected chi connectivity index (χ3v) is 6.93. The quantitative estimate of drug-likeness (QED) is 0.164. The minimum absolute atomic E-state index is 0.0303. The van der Waals surface area contributed by atoms with Crippen molar-refractivity contribution in [3.63, 3.8) is 0 Å². The van der Waals surface area contributed by atoms with Gasteiger partial charge < -0.3 is 4.98 Å². The maximum absolute atomic E-state index is 13.4. The van der Waals surface area contributed by atoms with Crippen molar-refractivity contribution in [1.82, 2.24) is 14.5 Å². The number of carbonyl (C=O) groups excluding carboxylic acids is 1. The minimum atomic E-state index is -4.57. The van der Waals surface area contributed by atoms with Crippen molar-refractivity contribution in [2.75, 3.05) is 5.75 Å². The molecule has 9 heteroatoms. The van der Waals surface area contributed by atoms with Crippen LogP contribution in [-0.2, 0) is 12.6 Å². The number of aromatic nitrogens is 3. The maximum atomic E-state index is 13.4. The Morgan fingerprint density at radius 1 is 1.03 bits per heavy atom. The van der Waals surface area contributed by atoms with E-state index in [0.717, 1.165) is 51.3 Å². The summed E-state index contributed by atoms with van der Waals surface area (Å²) in [5.74, 6) is -0.231. The number of nitrogens with zero attached hydrogens (tertiary/aromatic N) is 2. The van der Waals surface area contributed by atoms with Crippen molar-refractivity contribution in [1.29, 1.82) is 0 Å². The lowest BCUT2D eigenvalue weighted by Gasteiger charge is -2.15. The zero-order valence-corrected chi connectivity index (χ0v) is 19.9. The van der Waals surface area contributed by atoms with Gasteiger partial charge in [0.2, 0.25) is 0 Å². The Bertz CT molecular complexity index is 1670. The van der Waals surface area contributed by atoms with Crippen molar-refractivity contribution in [2.24, 2.45) is 0 Å². The Hall–Kier alpha value is -3.85. The molecule has 0 atom stereocenters. The second-order valence-corrected chi connectivity index (χ2v) is 9.15. The largest absolute Gasteiger partial charge is 0.416 e. The molecule has 5 aromatic rings. The predicted octanol–water partition coefficient (Wildman–Crippen LogP) is 6.42. The van der Waals surface area contributed by atoms with E-state index in [9.17, 15) is 22.8 Å². The second kappa shape index (κ2) is 9.31. The number of aromatic amines is 1. The number of hydrogen-bond acceptors (Lipinski definition) is 4. The first kappa shape index (κ1) is 23.9. The highest BCUT2D eigenvalue weighted by atomic mass is 32.2. The number of halogens is 3. The lowest BCUT2D eigenvalue weighted by Crippen LogP contribution is -2.22. The SMILES string of the molecule is CCc1cccc2c(C(=O)CSc3nc4ccccc4c(=O)n3-c3cccc(C(F)(F)F)c3)c[nH]c12. The predicted molar refractivity (Wildman–Crippen MR) is 135 cm³/mol. The number of thioether (sulfide) groups is 1. The van der Waals surface area contributed by atoms with Crippen molar-refractivity contribution >= 4 is 39.4 Å². The molecule has 0 spiro atoms. The van der Waals surface area contributed by atoms with Crippen LogP contribution in [0.5, 0.6) is 0 Å². The molecule has 0 bridgehead atoms. The molecule has 36 heavy (non-hydrogen) atoms. The number of benzene rings is 3. The van der Waals surface area contributed by atoms with Crippen LogP contribution in [0, 0.1) is 0 Å². The summed E-state index contributed by atoms with van der Waals surface area (Å²) in [6.45, 7) is 2.03.